The zero-order valence-electron chi connectivity index (χ0n) is 20.1. The van der Waals surface area contributed by atoms with E-state index in [4.69, 9.17) is 4.99 Å². The molecule has 168 valence electrons. The highest BCUT2D eigenvalue weighted by atomic mass is 15.2. The van der Waals surface area contributed by atoms with Crippen LogP contribution in [0.5, 0.6) is 0 Å². The zero-order chi connectivity index (χ0) is 22.9. The monoisotopic (exact) mass is 427 g/mol. The van der Waals surface area contributed by atoms with Gasteiger partial charge in [0.2, 0.25) is 0 Å². The standard InChI is InChI=1S/C29H37N3/c1-6-12-26(13-7-2)32-21-27(28(22(4)30-5)29(32)31-8-3)25-18-16-24(17-19-25)20-23-14-10-9-11-15-23/h8-11,14-19,21,26,30H,3,6-7,12-13,20H2,1-2,4-5H3/b28-22+,31-29+. The van der Waals surface area contributed by atoms with Gasteiger partial charge >= 0.3 is 0 Å². The molecular weight excluding hydrogens is 390 g/mol. The van der Waals surface area contributed by atoms with Crippen molar-refractivity contribution in [1.82, 2.24) is 10.2 Å². The van der Waals surface area contributed by atoms with Gasteiger partial charge in [-0.05, 0) is 42.9 Å². The summed E-state index contributed by atoms with van der Waals surface area (Å²) in [5, 5.41) is 3.36. The highest BCUT2D eigenvalue weighted by Gasteiger charge is 2.32. The summed E-state index contributed by atoms with van der Waals surface area (Å²) in [5.74, 6) is 1.00. The van der Waals surface area contributed by atoms with E-state index in [-0.39, 0.29) is 0 Å². The van der Waals surface area contributed by atoms with Gasteiger partial charge in [0.1, 0.15) is 5.84 Å². The van der Waals surface area contributed by atoms with Gasteiger partial charge in [-0.1, -0.05) is 87.9 Å². The van der Waals surface area contributed by atoms with Crippen LogP contribution in [0.3, 0.4) is 0 Å². The van der Waals surface area contributed by atoms with Gasteiger partial charge in [-0.2, -0.15) is 0 Å². The first-order valence-electron chi connectivity index (χ1n) is 11.8. The Labute approximate surface area is 194 Å². The Morgan fingerprint density at radius 3 is 2.19 bits per heavy atom. The number of nitrogens with one attached hydrogen (secondary N) is 1. The first-order valence-corrected chi connectivity index (χ1v) is 11.8. The molecule has 0 atom stereocenters. The number of nitrogens with zero attached hydrogens (tertiary/aromatic N) is 2. The minimum absolute atomic E-state index is 0.443. The fourth-order valence-electron chi connectivity index (χ4n) is 4.45. The Kier molecular flexibility index (Phi) is 8.49. The molecule has 0 unspecified atom stereocenters. The van der Waals surface area contributed by atoms with E-state index < -0.39 is 0 Å². The highest BCUT2D eigenvalue weighted by molar-refractivity contribution is 6.17. The first kappa shape index (κ1) is 23.6. The molecule has 1 N–H and O–H groups in total. The number of rotatable bonds is 10. The molecule has 0 fully saturated rings. The molecule has 32 heavy (non-hydrogen) atoms. The summed E-state index contributed by atoms with van der Waals surface area (Å²) in [6.07, 6.45) is 9.53. The van der Waals surface area contributed by atoms with Gasteiger partial charge in [0, 0.05) is 42.3 Å². The van der Waals surface area contributed by atoms with Crippen molar-refractivity contribution in [1.29, 1.82) is 0 Å². The van der Waals surface area contributed by atoms with E-state index in [0.717, 1.165) is 43.6 Å². The molecule has 3 rings (SSSR count). The third-order valence-corrected chi connectivity index (χ3v) is 6.12. The Morgan fingerprint density at radius 1 is 1.00 bits per heavy atom. The van der Waals surface area contributed by atoms with E-state index in [1.165, 1.54) is 27.8 Å². The third kappa shape index (κ3) is 5.40. The Morgan fingerprint density at radius 2 is 1.62 bits per heavy atom. The molecule has 0 aromatic heterocycles. The highest BCUT2D eigenvalue weighted by Crippen LogP contribution is 2.36. The van der Waals surface area contributed by atoms with Crippen LogP contribution in [-0.4, -0.2) is 23.8 Å². The van der Waals surface area contributed by atoms with Crippen LogP contribution in [0.25, 0.3) is 5.57 Å². The van der Waals surface area contributed by atoms with E-state index in [9.17, 15) is 0 Å². The zero-order valence-corrected chi connectivity index (χ0v) is 20.1. The van der Waals surface area contributed by atoms with Gasteiger partial charge in [-0.3, -0.25) is 0 Å². The van der Waals surface area contributed by atoms with Crippen LogP contribution < -0.4 is 5.32 Å². The van der Waals surface area contributed by atoms with Crippen molar-refractivity contribution in [3.63, 3.8) is 0 Å². The summed E-state index contributed by atoms with van der Waals surface area (Å²) < 4.78 is 0. The summed E-state index contributed by atoms with van der Waals surface area (Å²) in [6.45, 7) is 10.5. The lowest BCUT2D eigenvalue weighted by Crippen LogP contribution is -2.34. The van der Waals surface area contributed by atoms with Crippen molar-refractivity contribution >= 4 is 11.4 Å². The largest absolute Gasteiger partial charge is 0.391 e. The maximum Gasteiger partial charge on any atom is 0.142 e. The fraction of sp³-hybridized carbons (Fsp3) is 0.345. The molecule has 2 aromatic rings. The molecule has 3 heteroatoms. The number of hydrogen-bond acceptors (Lipinski definition) is 2. The lowest BCUT2D eigenvalue weighted by Gasteiger charge is -2.28. The van der Waals surface area contributed by atoms with Crippen LogP contribution in [0.1, 0.15) is 63.1 Å². The van der Waals surface area contributed by atoms with Crippen LogP contribution >= 0.6 is 0 Å². The van der Waals surface area contributed by atoms with E-state index in [1.807, 2.05) is 7.05 Å². The number of amidine groups is 1. The van der Waals surface area contributed by atoms with Crippen LogP contribution in [0.4, 0.5) is 0 Å². The van der Waals surface area contributed by atoms with E-state index in [1.54, 1.807) is 6.20 Å². The van der Waals surface area contributed by atoms with Crippen LogP contribution in [-0.2, 0) is 6.42 Å². The predicted octanol–water partition coefficient (Wildman–Crippen LogP) is 6.94. The topological polar surface area (TPSA) is 27.6 Å². The molecule has 1 aliphatic heterocycles. The van der Waals surface area contributed by atoms with Gasteiger partial charge in [0.05, 0.1) is 0 Å². The molecule has 0 saturated carbocycles. The summed E-state index contributed by atoms with van der Waals surface area (Å²) in [5.41, 5.74) is 7.39. The van der Waals surface area contributed by atoms with Crippen LogP contribution in [0.2, 0.25) is 0 Å². The van der Waals surface area contributed by atoms with E-state index in [0.29, 0.717) is 6.04 Å². The summed E-state index contributed by atoms with van der Waals surface area (Å²) in [7, 11) is 1.98. The minimum Gasteiger partial charge on any atom is -0.391 e. The van der Waals surface area contributed by atoms with Crippen molar-refractivity contribution in [2.75, 3.05) is 7.05 Å². The van der Waals surface area contributed by atoms with Gasteiger partial charge in [-0.15, -0.1) is 0 Å². The van der Waals surface area contributed by atoms with Gasteiger partial charge in [0.25, 0.3) is 0 Å². The summed E-state index contributed by atoms with van der Waals surface area (Å²) in [4.78, 5) is 7.13. The quantitative estimate of drug-likeness (QED) is 0.445. The molecule has 3 nitrogen and oxygen atoms in total. The maximum atomic E-state index is 4.75. The molecule has 0 bridgehead atoms. The minimum atomic E-state index is 0.443. The molecule has 0 aliphatic carbocycles. The van der Waals surface area contributed by atoms with Crippen molar-refractivity contribution in [3.05, 3.63) is 102 Å². The number of aliphatic imine (C=N–C) groups is 1. The molecule has 1 heterocycles. The predicted molar refractivity (Wildman–Crippen MR) is 139 cm³/mol. The second kappa shape index (κ2) is 11.5. The van der Waals surface area contributed by atoms with Gasteiger partial charge in [-0.25, -0.2) is 4.99 Å². The van der Waals surface area contributed by atoms with Crippen LogP contribution in [0, 0.1) is 0 Å². The maximum absolute atomic E-state index is 4.75. The number of hydrogen-bond donors (Lipinski definition) is 1. The van der Waals surface area contributed by atoms with Crippen molar-refractivity contribution in [3.8, 4) is 0 Å². The fourth-order valence-corrected chi connectivity index (χ4v) is 4.45. The van der Waals surface area contributed by atoms with E-state index in [2.05, 4.69) is 98.4 Å². The summed E-state index contributed by atoms with van der Waals surface area (Å²) >= 11 is 0. The first-order chi connectivity index (χ1) is 15.6. The Balaban J connectivity index is 2.00. The number of benzene rings is 2. The average molecular weight is 428 g/mol. The Hall–Kier alpha value is -3.07. The average Bonchev–Trinajstić information content (AvgIpc) is 3.19. The third-order valence-electron chi connectivity index (χ3n) is 6.12. The molecule has 1 aliphatic rings. The van der Waals surface area contributed by atoms with Gasteiger partial charge in [0.15, 0.2) is 0 Å². The van der Waals surface area contributed by atoms with Gasteiger partial charge < -0.3 is 10.2 Å². The van der Waals surface area contributed by atoms with Crippen molar-refractivity contribution < 1.29 is 0 Å². The second-order valence-electron chi connectivity index (χ2n) is 8.43. The summed E-state index contributed by atoms with van der Waals surface area (Å²) in [6, 6.07) is 20.1. The molecule has 0 radical (unpaired) electrons. The second-order valence-corrected chi connectivity index (χ2v) is 8.43. The van der Waals surface area contributed by atoms with E-state index >= 15 is 0 Å². The number of allylic oxidation sites excluding steroid dienone is 1. The van der Waals surface area contributed by atoms with Crippen molar-refractivity contribution in [2.24, 2.45) is 4.99 Å². The smallest absolute Gasteiger partial charge is 0.142 e. The lowest BCUT2D eigenvalue weighted by atomic mass is 9.96. The molecule has 0 saturated heterocycles. The normalized spacial score (nSPS) is 16.5. The molecular formula is C29H37N3. The molecule has 2 aromatic carbocycles. The molecule has 0 spiro atoms. The molecule has 0 amide bonds. The lowest BCUT2D eigenvalue weighted by molar-refractivity contribution is 0.354. The Bertz CT molecular complexity index is 975. The van der Waals surface area contributed by atoms with Crippen LogP contribution in [0.15, 0.2) is 89.8 Å². The van der Waals surface area contributed by atoms with Crippen molar-refractivity contribution in [2.45, 2.75) is 58.9 Å². The SMILES string of the molecule is C=C/N=C1\C(=C(/C)NC)C(c2ccc(Cc3ccccc3)cc2)=CN1C(CCC)CCC.